The van der Waals surface area contributed by atoms with Crippen molar-refractivity contribution in [3.05, 3.63) is 0 Å². The molecule has 1 saturated carbocycles. The van der Waals surface area contributed by atoms with E-state index < -0.39 is 0 Å². The summed E-state index contributed by atoms with van der Waals surface area (Å²) in [6.07, 6.45) is 2.91. The monoisotopic (exact) mass is 195 g/mol. The van der Waals surface area contributed by atoms with Crippen LogP contribution in [0.5, 0.6) is 0 Å². The van der Waals surface area contributed by atoms with Gasteiger partial charge < -0.3 is 5.32 Å². The fraction of sp³-hybridized carbons (Fsp3) is 1.00. The Hall–Kier alpha value is -0.0400. The maximum absolute atomic E-state index is 3.45. The summed E-state index contributed by atoms with van der Waals surface area (Å²) in [5, 5.41) is 3.45. The molecule has 1 nitrogen and oxygen atoms in total. The van der Waals surface area contributed by atoms with E-state index in [1.54, 1.807) is 0 Å². The van der Waals surface area contributed by atoms with Gasteiger partial charge in [-0.1, -0.05) is 27.7 Å². The predicted molar refractivity (Wildman–Crippen MR) is 61.2 cm³/mol. The summed E-state index contributed by atoms with van der Waals surface area (Å²) >= 11 is 0. The molecule has 0 aromatic heterocycles. The molecule has 1 aliphatic carbocycles. The highest BCUT2D eigenvalue weighted by molar-refractivity contribution is 4.94. The molecule has 2 fully saturated rings. The molecular weight excluding hydrogens is 170 g/mol. The molecule has 0 amide bonds. The fourth-order valence-corrected chi connectivity index (χ4v) is 3.07. The quantitative estimate of drug-likeness (QED) is 0.669. The van der Waals surface area contributed by atoms with E-state index in [0.717, 1.165) is 35.6 Å². The molecule has 1 aliphatic heterocycles. The maximum atomic E-state index is 3.45. The highest BCUT2D eigenvalue weighted by Gasteiger charge is 2.42. The predicted octanol–water partition coefficient (Wildman–Crippen LogP) is 2.91. The Morgan fingerprint density at radius 3 is 2.21 bits per heavy atom. The van der Waals surface area contributed by atoms with Crippen molar-refractivity contribution < 1.29 is 0 Å². The first kappa shape index (κ1) is 10.5. The minimum Gasteiger partial charge on any atom is -0.311 e. The molecule has 14 heavy (non-hydrogen) atoms. The van der Waals surface area contributed by atoms with Gasteiger partial charge in [-0.25, -0.2) is 0 Å². The van der Waals surface area contributed by atoms with Crippen LogP contribution in [0.2, 0.25) is 0 Å². The second-order valence-electron chi connectivity index (χ2n) is 5.98. The number of nitrogens with one attached hydrogen (secondary N) is 1. The van der Waals surface area contributed by atoms with Gasteiger partial charge in [0.25, 0.3) is 0 Å². The number of rotatable bonds is 5. The molecule has 82 valence electrons. The van der Waals surface area contributed by atoms with Crippen LogP contribution in [0, 0.1) is 29.6 Å². The normalized spacial score (nSPS) is 39.6. The largest absolute Gasteiger partial charge is 0.311 e. The second kappa shape index (κ2) is 3.84. The lowest BCUT2D eigenvalue weighted by Gasteiger charge is -2.27. The lowest BCUT2D eigenvalue weighted by Crippen LogP contribution is -2.22. The first-order valence-corrected chi connectivity index (χ1v) is 6.33. The van der Waals surface area contributed by atoms with Gasteiger partial charge in [0.05, 0.1) is 0 Å². The van der Waals surface area contributed by atoms with Crippen LogP contribution in [0.25, 0.3) is 0 Å². The lowest BCUT2D eigenvalue weighted by atomic mass is 9.78. The zero-order chi connectivity index (χ0) is 10.3. The summed E-state index contributed by atoms with van der Waals surface area (Å²) in [6.45, 7) is 11.0. The SMILES string of the molecule is CC(C)C(CC1CN1)C(C)C1CC1C. The highest BCUT2D eigenvalue weighted by atomic mass is 15.1. The topological polar surface area (TPSA) is 21.9 Å². The minimum atomic E-state index is 0.860. The number of hydrogen-bond acceptors (Lipinski definition) is 1. The van der Waals surface area contributed by atoms with Crippen molar-refractivity contribution in [2.75, 3.05) is 6.54 Å². The third kappa shape index (κ3) is 2.31. The average Bonchev–Trinajstić information content (AvgIpc) is 2.95. The Balaban J connectivity index is 1.87. The zero-order valence-corrected chi connectivity index (χ0v) is 10.1. The van der Waals surface area contributed by atoms with Gasteiger partial charge in [0.2, 0.25) is 0 Å². The third-order valence-electron chi connectivity index (χ3n) is 4.43. The molecule has 0 radical (unpaired) electrons. The Bertz CT molecular complexity index is 195. The fourth-order valence-electron chi connectivity index (χ4n) is 3.07. The molecule has 1 N–H and O–H groups in total. The van der Waals surface area contributed by atoms with E-state index in [1.165, 1.54) is 19.4 Å². The Kier molecular flexibility index (Phi) is 2.88. The molecule has 1 heteroatoms. The van der Waals surface area contributed by atoms with Gasteiger partial charge in [-0.2, -0.15) is 0 Å². The zero-order valence-electron chi connectivity index (χ0n) is 10.1. The summed E-state index contributed by atoms with van der Waals surface area (Å²) in [5.74, 6) is 4.82. The van der Waals surface area contributed by atoms with Crippen molar-refractivity contribution in [3.8, 4) is 0 Å². The van der Waals surface area contributed by atoms with Gasteiger partial charge in [-0.05, 0) is 42.4 Å². The molecule has 5 unspecified atom stereocenters. The number of hydrogen-bond donors (Lipinski definition) is 1. The molecule has 0 bridgehead atoms. The van der Waals surface area contributed by atoms with E-state index >= 15 is 0 Å². The van der Waals surface area contributed by atoms with Crippen molar-refractivity contribution in [3.63, 3.8) is 0 Å². The van der Waals surface area contributed by atoms with Crippen LogP contribution in [-0.4, -0.2) is 12.6 Å². The standard InChI is InChI=1S/C13H25N/c1-8(2)12(6-11-7-14-11)10(4)13-5-9(13)3/h8-14H,5-7H2,1-4H3. The van der Waals surface area contributed by atoms with Gasteiger partial charge in [-0.3, -0.25) is 0 Å². The van der Waals surface area contributed by atoms with E-state index in [9.17, 15) is 0 Å². The Morgan fingerprint density at radius 2 is 1.86 bits per heavy atom. The summed E-state index contributed by atoms with van der Waals surface area (Å²) in [7, 11) is 0. The van der Waals surface area contributed by atoms with Crippen LogP contribution in [0.15, 0.2) is 0 Å². The molecule has 1 saturated heterocycles. The highest BCUT2D eigenvalue weighted by Crippen LogP contribution is 2.48. The van der Waals surface area contributed by atoms with Gasteiger partial charge >= 0.3 is 0 Å². The minimum absolute atomic E-state index is 0.860. The van der Waals surface area contributed by atoms with Gasteiger partial charge in [0, 0.05) is 12.6 Å². The van der Waals surface area contributed by atoms with Crippen molar-refractivity contribution in [2.45, 2.75) is 46.6 Å². The van der Waals surface area contributed by atoms with E-state index in [-0.39, 0.29) is 0 Å². The van der Waals surface area contributed by atoms with Crippen LogP contribution in [0.1, 0.15) is 40.5 Å². The Labute approximate surface area is 88.7 Å². The van der Waals surface area contributed by atoms with Crippen LogP contribution < -0.4 is 5.32 Å². The molecule has 0 aromatic rings. The first-order chi connectivity index (χ1) is 6.59. The molecule has 2 rings (SSSR count). The molecule has 2 aliphatic rings. The summed E-state index contributed by atoms with van der Waals surface area (Å²) in [5.41, 5.74) is 0. The van der Waals surface area contributed by atoms with E-state index in [2.05, 4.69) is 33.0 Å². The molecule has 0 aromatic carbocycles. The van der Waals surface area contributed by atoms with Crippen LogP contribution in [0.4, 0.5) is 0 Å². The molecule has 0 spiro atoms. The lowest BCUT2D eigenvalue weighted by molar-refractivity contribution is 0.223. The van der Waals surface area contributed by atoms with E-state index in [4.69, 9.17) is 0 Å². The van der Waals surface area contributed by atoms with Crippen LogP contribution >= 0.6 is 0 Å². The van der Waals surface area contributed by atoms with Crippen molar-refractivity contribution >= 4 is 0 Å². The average molecular weight is 195 g/mol. The molecule has 1 heterocycles. The second-order valence-corrected chi connectivity index (χ2v) is 5.98. The van der Waals surface area contributed by atoms with Gasteiger partial charge in [0.15, 0.2) is 0 Å². The van der Waals surface area contributed by atoms with Crippen molar-refractivity contribution in [2.24, 2.45) is 29.6 Å². The first-order valence-electron chi connectivity index (χ1n) is 6.33. The summed E-state index contributed by atoms with van der Waals surface area (Å²) in [4.78, 5) is 0. The smallest absolute Gasteiger partial charge is 0.0196 e. The molecular formula is C13H25N. The third-order valence-corrected chi connectivity index (χ3v) is 4.43. The summed E-state index contributed by atoms with van der Waals surface area (Å²) < 4.78 is 0. The van der Waals surface area contributed by atoms with Crippen LogP contribution in [-0.2, 0) is 0 Å². The Morgan fingerprint density at radius 1 is 1.29 bits per heavy atom. The van der Waals surface area contributed by atoms with Crippen LogP contribution in [0.3, 0.4) is 0 Å². The maximum Gasteiger partial charge on any atom is 0.0196 e. The van der Waals surface area contributed by atoms with E-state index in [1.807, 2.05) is 0 Å². The van der Waals surface area contributed by atoms with Crippen molar-refractivity contribution in [1.29, 1.82) is 0 Å². The molecule has 5 atom stereocenters. The van der Waals surface area contributed by atoms with E-state index in [0.29, 0.717) is 0 Å². The van der Waals surface area contributed by atoms with Gasteiger partial charge in [0.1, 0.15) is 0 Å². The van der Waals surface area contributed by atoms with Gasteiger partial charge in [-0.15, -0.1) is 0 Å². The van der Waals surface area contributed by atoms with Crippen molar-refractivity contribution in [1.82, 2.24) is 5.32 Å². The summed E-state index contributed by atoms with van der Waals surface area (Å²) in [6, 6.07) is 0.860.